The molecule has 3 aliphatic heterocycles. The summed E-state index contributed by atoms with van der Waals surface area (Å²) in [5.41, 5.74) is 2.26. The van der Waals surface area contributed by atoms with Crippen LogP contribution in [0.2, 0.25) is 5.02 Å². The van der Waals surface area contributed by atoms with Gasteiger partial charge in [-0.05, 0) is 67.8 Å². The lowest BCUT2D eigenvalue weighted by Crippen LogP contribution is -2.50. The van der Waals surface area contributed by atoms with Gasteiger partial charge in [-0.3, -0.25) is 14.3 Å². The largest absolute Gasteiger partial charge is 0.450 e. The monoisotopic (exact) mass is 639 g/mol. The highest BCUT2D eigenvalue weighted by molar-refractivity contribution is 7.92. The van der Waals surface area contributed by atoms with Crippen molar-refractivity contribution in [2.45, 2.75) is 30.7 Å². The van der Waals surface area contributed by atoms with Crippen LogP contribution >= 0.6 is 11.6 Å². The number of ether oxygens (including phenoxy) is 1. The number of piperazine rings is 1. The molecule has 1 aromatic heterocycles. The maximum absolute atomic E-state index is 13.6. The zero-order chi connectivity index (χ0) is 31.0. The molecule has 2 saturated heterocycles. The third-order valence-corrected chi connectivity index (χ3v) is 10.2. The number of amides is 2. The molecular formula is C31H34ClN5O6S. The lowest BCUT2D eigenvalue weighted by molar-refractivity contribution is 0.0570. The van der Waals surface area contributed by atoms with E-state index in [-0.39, 0.29) is 34.8 Å². The van der Waals surface area contributed by atoms with Crippen molar-refractivity contribution in [2.75, 3.05) is 55.5 Å². The number of pyridine rings is 1. The number of hydrogen-bond acceptors (Lipinski definition) is 7. The molecule has 11 nitrogen and oxygen atoms in total. The van der Waals surface area contributed by atoms with Crippen LogP contribution in [-0.2, 0) is 21.3 Å². The van der Waals surface area contributed by atoms with Crippen molar-refractivity contribution < 1.29 is 22.7 Å². The highest BCUT2D eigenvalue weighted by Crippen LogP contribution is 2.40. The van der Waals surface area contributed by atoms with Crippen LogP contribution in [0, 0.1) is 5.92 Å². The molecule has 0 spiro atoms. The first kappa shape index (κ1) is 30.0. The van der Waals surface area contributed by atoms with Crippen molar-refractivity contribution in [1.29, 1.82) is 0 Å². The Morgan fingerprint density at radius 1 is 0.955 bits per heavy atom. The third-order valence-electron chi connectivity index (χ3n) is 8.53. The number of carbonyl (C=O) groups excluding carboxylic acids is 2. The lowest BCUT2D eigenvalue weighted by Gasteiger charge is -2.44. The summed E-state index contributed by atoms with van der Waals surface area (Å²) in [7, 11) is -4.02. The van der Waals surface area contributed by atoms with Gasteiger partial charge in [0, 0.05) is 74.1 Å². The predicted molar refractivity (Wildman–Crippen MR) is 167 cm³/mol. The van der Waals surface area contributed by atoms with Crippen LogP contribution in [0.15, 0.2) is 70.4 Å². The quantitative estimate of drug-likeness (QED) is 0.435. The zero-order valence-electron chi connectivity index (χ0n) is 24.3. The molecule has 13 heteroatoms. The van der Waals surface area contributed by atoms with E-state index in [1.165, 1.54) is 24.3 Å². The number of fused-ring (bicyclic) bond motifs is 4. The normalized spacial score (nSPS) is 19.7. The fourth-order valence-electron chi connectivity index (χ4n) is 6.43. The average Bonchev–Trinajstić information content (AvgIpc) is 3.01. The molecule has 6 rings (SSSR count). The summed E-state index contributed by atoms with van der Waals surface area (Å²) in [6.45, 7) is 5.22. The standard InChI is InChI=1S/C31H34ClN5O6S/c1-2-43-31(40)35-14-12-34(13-15-35)30(39)22-6-11-28(26(17-22)33-44(41,42)25-9-7-24(32)8-10-25)36-18-21-16-23(20-36)27-4-3-5-29(38)37(27)19-21/h3-11,17,21,23,33H,2,12-16,18-20H2,1H3/t21-,23+/m1/s1. The third kappa shape index (κ3) is 6.00. The second-order valence-electron chi connectivity index (χ2n) is 11.4. The van der Waals surface area contributed by atoms with E-state index < -0.39 is 16.1 Å². The summed E-state index contributed by atoms with van der Waals surface area (Å²) in [4.78, 5) is 43.6. The number of nitrogens with zero attached hydrogens (tertiary/aromatic N) is 4. The van der Waals surface area contributed by atoms with E-state index in [1.54, 1.807) is 47.1 Å². The van der Waals surface area contributed by atoms with Crippen molar-refractivity contribution in [3.05, 3.63) is 87.3 Å². The molecule has 3 aliphatic rings. The Bertz CT molecular complexity index is 1740. The van der Waals surface area contributed by atoms with E-state index >= 15 is 0 Å². The zero-order valence-corrected chi connectivity index (χ0v) is 25.9. The predicted octanol–water partition coefficient (Wildman–Crippen LogP) is 3.84. The minimum Gasteiger partial charge on any atom is -0.450 e. The van der Waals surface area contributed by atoms with Gasteiger partial charge in [0.25, 0.3) is 21.5 Å². The molecule has 4 heterocycles. The number of anilines is 2. The van der Waals surface area contributed by atoms with Gasteiger partial charge in [0.05, 0.1) is 22.9 Å². The molecule has 0 aliphatic carbocycles. The van der Waals surface area contributed by atoms with Gasteiger partial charge >= 0.3 is 6.09 Å². The van der Waals surface area contributed by atoms with Crippen LogP contribution in [0.1, 0.15) is 35.3 Å². The van der Waals surface area contributed by atoms with Crippen LogP contribution in [-0.4, -0.2) is 80.7 Å². The van der Waals surface area contributed by atoms with Gasteiger partial charge in [-0.25, -0.2) is 13.2 Å². The molecule has 0 unspecified atom stereocenters. The van der Waals surface area contributed by atoms with Crippen molar-refractivity contribution in [1.82, 2.24) is 14.4 Å². The lowest BCUT2D eigenvalue weighted by atomic mass is 9.83. The van der Waals surface area contributed by atoms with Crippen molar-refractivity contribution in [2.24, 2.45) is 5.92 Å². The summed E-state index contributed by atoms with van der Waals surface area (Å²) in [6.07, 6.45) is 0.543. The number of carbonyl (C=O) groups is 2. The molecule has 2 amide bonds. The highest BCUT2D eigenvalue weighted by Gasteiger charge is 2.36. The smallest absolute Gasteiger partial charge is 0.409 e. The van der Waals surface area contributed by atoms with Crippen LogP contribution in [0.5, 0.6) is 0 Å². The SMILES string of the molecule is CCOC(=O)N1CCN(C(=O)c2ccc(N3C[C@H]4C[C@@H](C3)c3cccc(=O)n3C4)c(NS(=O)(=O)c3ccc(Cl)cc3)c2)CC1. The summed E-state index contributed by atoms with van der Waals surface area (Å²) in [6, 6.07) is 16.3. The van der Waals surface area contributed by atoms with Crippen molar-refractivity contribution in [3.63, 3.8) is 0 Å². The van der Waals surface area contributed by atoms with Gasteiger partial charge in [-0.15, -0.1) is 0 Å². The maximum Gasteiger partial charge on any atom is 0.409 e. The first-order valence-corrected chi connectivity index (χ1v) is 16.6. The van der Waals surface area contributed by atoms with Gasteiger partial charge in [0.15, 0.2) is 0 Å². The fourth-order valence-corrected chi connectivity index (χ4v) is 7.62. The van der Waals surface area contributed by atoms with E-state index in [0.29, 0.717) is 67.8 Å². The van der Waals surface area contributed by atoms with E-state index in [1.807, 2.05) is 10.6 Å². The van der Waals surface area contributed by atoms with Gasteiger partial charge < -0.3 is 24.0 Å². The average molecular weight is 640 g/mol. The number of piperidine rings is 1. The fraction of sp³-hybridized carbons (Fsp3) is 0.387. The van der Waals surface area contributed by atoms with Crippen LogP contribution < -0.4 is 15.2 Å². The number of aromatic nitrogens is 1. The maximum atomic E-state index is 13.6. The molecule has 3 aromatic rings. The minimum absolute atomic E-state index is 0.00646. The Morgan fingerprint density at radius 2 is 1.68 bits per heavy atom. The molecule has 1 N–H and O–H groups in total. The Balaban J connectivity index is 1.30. The highest BCUT2D eigenvalue weighted by atomic mass is 35.5. The van der Waals surface area contributed by atoms with Gasteiger partial charge in [0.1, 0.15) is 0 Å². The number of nitrogens with one attached hydrogen (secondary N) is 1. The molecular weight excluding hydrogens is 606 g/mol. The second kappa shape index (κ2) is 12.2. The summed E-state index contributed by atoms with van der Waals surface area (Å²) in [5.74, 6) is 0.0593. The van der Waals surface area contributed by atoms with E-state index in [4.69, 9.17) is 16.3 Å². The Labute approximate surface area is 261 Å². The second-order valence-corrected chi connectivity index (χ2v) is 13.5. The number of sulfonamides is 1. The Hall–Kier alpha value is -4.03. The Morgan fingerprint density at radius 3 is 2.41 bits per heavy atom. The summed E-state index contributed by atoms with van der Waals surface area (Å²) >= 11 is 6.00. The van der Waals surface area contributed by atoms with E-state index in [0.717, 1.165) is 12.1 Å². The number of rotatable bonds is 6. The molecule has 0 radical (unpaired) electrons. The first-order chi connectivity index (χ1) is 21.1. The van der Waals surface area contributed by atoms with Crippen LogP contribution in [0.3, 0.4) is 0 Å². The minimum atomic E-state index is -4.02. The molecule has 232 valence electrons. The molecule has 2 aromatic carbocycles. The number of halogens is 1. The van der Waals surface area contributed by atoms with Crippen molar-refractivity contribution >= 4 is 45.0 Å². The van der Waals surface area contributed by atoms with Crippen LogP contribution in [0.25, 0.3) is 0 Å². The molecule has 2 fully saturated rings. The molecule has 44 heavy (non-hydrogen) atoms. The summed E-state index contributed by atoms with van der Waals surface area (Å²) < 4.78 is 36.7. The van der Waals surface area contributed by atoms with Gasteiger partial charge in [0.2, 0.25) is 0 Å². The van der Waals surface area contributed by atoms with E-state index in [2.05, 4.69) is 9.62 Å². The Kier molecular flexibility index (Phi) is 8.30. The van der Waals surface area contributed by atoms with Crippen molar-refractivity contribution in [3.8, 4) is 0 Å². The summed E-state index contributed by atoms with van der Waals surface area (Å²) in [5, 5.41) is 0.416. The van der Waals surface area contributed by atoms with Gasteiger partial charge in [-0.2, -0.15) is 0 Å². The van der Waals surface area contributed by atoms with E-state index in [9.17, 15) is 22.8 Å². The number of benzene rings is 2. The molecule has 2 bridgehead atoms. The topological polar surface area (TPSA) is 121 Å². The molecule has 2 atom stereocenters. The van der Waals surface area contributed by atoms with Gasteiger partial charge in [-0.1, -0.05) is 17.7 Å². The number of hydrogen-bond donors (Lipinski definition) is 1. The van der Waals surface area contributed by atoms with Crippen LogP contribution in [0.4, 0.5) is 16.2 Å². The first-order valence-electron chi connectivity index (χ1n) is 14.7. The molecule has 0 saturated carbocycles.